The van der Waals surface area contributed by atoms with E-state index >= 15 is 0 Å². The Bertz CT molecular complexity index is 625. The van der Waals surface area contributed by atoms with E-state index in [1.807, 2.05) is 7.05 Å². The van der Waals surface area contributed by atoms with Crippen LogP contribution in [0.1, 0.15) is 17.7 Å². The summed E-state index contributed by atoms with van der Waals surface area (Å²) in [6.45, 7) is 0. The molecule has 4 heteroatoms. The molecule has 1 aromatic carbocycles. The second-order valence-corrected chi connectivity index (χ2v) is 4.52. The first-order valence-corrected chi connectivity index (χ1v) is 6.11. The van der Waals surface area contributed by atoms with Crippen molar-refractivity contribution in [3.8, 4) is 5.75 Å². The topological polar surface area (TPSA) is 34.2 Å². The van der Waals surface area contributed by atoms with Crippen molar-refractivity contribution in [2.45, 2.75) is 19.3 Å². The summed E-state index contributed by atoms with van der Waals surface area (Å²) in [5.74, 6) is -0.101. The number of methoxy groups -OCH3 is 1. The first-order chi connectivity index (χ1) is 8.74. The summed E-state index contributed by atoms with van der Waals surface area (Å²) in [4.78, 5) is 4.57. The molecule has 1 aliphatic carbocycles. The quantitative estimate of drug-likeness (QED) is 0.884. The molecule has 0 spiro atoms. The van der Waals surface area contributed by atoms with Crippen LogP contribution >= 0.6 is 0 Å². The van der Waals surface area contributed by atoms with Gasteiger partial charge in [-0.15, -0.1) is 0 Å². The number of aromatic nitrogens is 1. The van der Waals surface area contributed by atoms with Crippen molar-refractivity contribution in [2.24, 2.45) is 0 Å². The number of halogens is 1. The maximum absolute atomic E-state index is 13.7. The van der Waals surface area contributed by atoms with Crippen molar-refractivity contribution >= 4 is 16.6 Å². The Labute approximate surface area is 105 Å². The van der Waals surface area contributed by atoms with E-state index in [0.29, 0.717) is 5.52 Å². The van der Waals surface area contributed by atoms with Crippen molar-refractivity contribution in [1.29, 1.82) is 0 Å². The number of pyridine rings is 1. The van der Waals surface area contributed by atoms with Crippen molar-refractivity contribution in [2.75, 3.05) is 19.5 Å². The number of fused-ring (bicyclic) bond motifs is 2. The van der Waals surface area contributed by atoms with E-state index in [4.69, 9.17) is 4.74 Å². The molecular weight excluding hydrogens is 231 g/mol. The lowest BCUT2D eigenvalue weighted by molar-refractivity contribution is 0.387. The van der Waals surface area contributed by atoms with Crippen molar-refractivity contribution in [3.05, 3.63) is 29.2 Å². The van der Waals surface area contributed by atoms with Gasteiger partial charge in [-0.2, -0.15) is 0 Å². The maximum atomic E-state index is 13.7. The molecule has 2 aromatic rings. The van der Waals surface area contributed by atoms with Crippen molar-refractivity contribution in [3.63, 3.8) is 0 Å². The number of aryl methyl sites for hydroxylation is 1. The molecular formula is C14H15FN2O. The molecule has 0 amide bonds. The van der Waals surface area contributed by atoms with Crippen LogP contribution in [-0.4, -0.2) is 19.1 Å². The van der Waals surface area contributed by atoms with Gasteiger partial charge in [-0.25, -0.2) is 4.39 Å². The number of rotatable bonds is 2. The number of ether oxygens (including phenoxy) is 1. The lowest BCUT2D eigenvalue weighted by Crippen LogP contribution is -2.00. The maximum Gasteiger partial charge on any atom is 0.167 e. The summed E-state index contributed by atoms with van der Waals surface area (Å²) in [5, 5.41) is 4.15. The second kappa shape index (κ2) is 4.12. The molecule has 1 N–H and O–H groups in total. The van der Waals surface area contributed by atoms with Crippen LogP contribution in [-0.2, 0) is 12.8 Å². The molecule has 0 bridgehead atoms. The van der Waals surface area contributed by atoms with Gasteiger partial charge in [0, 0.05) is 29.9 Å². The Morgan fingerprint density at radius 3 is 2.89 bits per heavy atom. The summed E-state index contributed by atoms with van der Waals surface area (Å²) < 4.78 is 18.8. The lowest BCUT2D eigenvalue weighted by atomic mass is 10.1. The molecule has 0 saturated heterocycles. The number of benzene rings is 1. The summed E-state index contributed by atoms with van der Waals surface area (Å²) in [6.07, 6.45) is 3.13. The molecule has 1 aromatic heterocycles. The molecule has 0 fully saturated rings. The molecule has 0 radical (unpaired) electrons. The van der Waals surface area contributed by atoms with Crippen LogP contribution in [0.15, 0.2) is 12.1 Å². The number of hydrogen-bond acceptors (Lipinski definition) is 3. The van der Waals surface area contributed by atoms with Gasteiger partial charge in [-0.3, -0.25) is 4.98 Å². The Kier molecular flexibility index (Phi) is 2.58. The van der Waals surface area contributed by atoms with Gasteiger partial charge in [0.15, 0.2) is 11.6 Å². The van der Waals surface area contributed by atoms with Crippen molar-refractivity contribution in [1.82, 2.24) is 4.98 Å². The molecule has 94 valence electrons. The second-order valence-electron chi connectivity index (χ2n) is 4.52. The first-order valence-electron chi connectivity index (χ1n) is 6.11. The van der Waals surface area contributed by atoms with Crippen molar-refractivity contribution < 1.29 is 9.13 Å². The fourth-order valence-corrected chi connectivity index (χ4v) is 2.71. The molecule has 0 saturated carbocycles. The van der Waals surface area contributed by atoms with E-state index in [0.717, 1.165) is 36.0 Å². The van der Waals surface area contributed by atoms with Gasteiger partial charge in [0.1, 0.15) is 0 Å². The Morgan fingerprint density at radius 2 is 2.17 bits per heavy atom. The zero-order chi connectivity index (χ0) is 12.7. The van der Waals surface area contributed by atoms with Crippen LogP contribution in [0, 0.1) is 5.82 Å². The minimum absolute atomic E-state index is 0.263. The fraction of sp³-hybridized carbons (Fsp3) is 0.357. The molecule has 0 atom stereocenters. The van der Waals surface area contributed by atoms with Gasteiger partial charge in [0.2, 0.25) is 0 Å². The van der Waals surface area contributed by atoms with Crippen LogP contribution in [0.2, 0.25) is 0 Å². The summed E-state index contributed by atoms with van der Waals surface area (Å²) in [7, 11) is 3.37. The summed E-state index contributed by atoms with van der Waals surface area (Å²) in [5.41, 5.74) is 4.11. The average Bonchev–Trinajstić information content (AvgIpc) is 2.82. The lowest BCUT2D eigenvalue weighted by Gasteiger charge is -2.13. The monoisotopic (exact) mass is 246 g/mol. The first kappa shape index (κ1) is 11.3. The van der Waals surface area contributed by atoms with Gasteiger partial charge in [-0.1, -0.05) is 0 Å². The van der Waals surface area contributed by atoms with Gasteiger partial charge >= 0.3 is 0 Å². The molecule has 0 unspecified atom stereocenters. The average molecular weight is 246 g/mol. The Balaban J connectivity index is 2.36. The minimum Gasteiger partial charge on any atom is -0.494 e. The Morgan fingerprint density at radius 1 is 1.33 bits per heavy atom. The van der Waals surface area contributed by atoms with Crippen LogP contribution in [0.5, 0.6) is 5.75 Å². The molecule has 3 rings (SSSR count). The van der Waals surface area contributed by atoms with Crippen LogP contribution in [0.3, 0.4) is 0 Å². The zero-order valence-corrected chi connectivity index (χ0v) is 10.5. The normalized spacial score (nSPS) is 13.7. The minimum atomic E-state index is -0.363. The third-order valence-electron chi connectivity index (χ3n) is 3.54. The SMILES string of the molecule is CNc1c2c(nc3cc(F)c(OC)cc13)CCC2. The van der Waals surface area contributed by atoms with Gasteiger partial charge in [0.25, 0.3) is 0 Å². The summed E-state index contributed by atoms with van der Waals surface area (Å²) >= 11 is 0. The highest BCUT2D eigenvalue weighted by atomic mass is 19.1. The third-order valence-corrected chi connectivity index (χ3v) is 3.54. The predicted molar refractivity (Wildman–Crippen MR) is 69.8 cm³/mol. The molecule has 3 nitrogen and oxygen atoms in total. The van der Waals surface area contributed by atoms with Crippen LogP contribution < -0.4 is 10.1 Å². The number of anilines is 1. The van der Waals surface area contributed by atoms with E-state index < -0.39 is 0 Å². The van der Waals surface area contributed by atoms with Crippen LogP contribution in [0.4, 0.5) is 10.1 Å². The number of hydrogen-bond donors (Lipinski definition) is 1. The number of nitrogens with one attached hydrogen (secondary N) is 1. The standard InChI is InChI=1S/C14H15FN2O/c1-16-14-8-4-3-5-11(8)17-12-7-10(15)13(18-2)6-9(12)14/h6-7H,3-5H2,1-2H3,(H,16,17). The van der Waals surface area contributed by atoms with Gasteiger partial charge < -0.3 is 10.1 Å². The van der Waals surface area contributed by atoms with E-state index in [2.05, 4.69) is 10.3 Å². The third kappa shape index (κ3) is 1.52. The largest absolute Gasteiger partial charge is 0.494 e. The summed E-state index contributed by atoms with van der Waals surface area (Å²) in [6, 6.07) is 3.18. The zero-order valence-electron chi connectivity index (χ0n) is 10.5. The van der Waals surface area contributed by atoms with Gasteiger partial charge in [-0.05, 0) is 30.9 Å². The van der Waals surface area contributed by atoms with E-state index in [1.165, 1.54) is 18.7 Å². The Hall–Kier alpha value is -1.84. The molecule has 0 aliphatic heterocycles. The van der Waals surface area contributed by atoms with Gasteiger partial charge in [0.05, 0.1) is 12.6 Å². The number of nitrogens with zero attached hydrogens (tertiary/aromatic N) is 1. The highest BCUT2D eigenvalue weighted by molar-refractivity contribution is 5.94. The molecule has 1 aliphatic rings. The smallest absolute Gasteiger partial charge is 0.167 e. The predicted octanol–water partition coefficient (Wildman–Crippen LogP) is 2.91. The highest BCUT2D eigenvalue weighted by Crippen LogP contribution is 2.36. The fourth-order valence-electron chi connectivity index (χ4n) is 2.71. The molecule has 1 heterocycles. The van der Waals surface area contributed by atoms with E-state index in [1.54, 1.807) is 6.07 Å². The highest BCUT2D eigenvalue weighted by Gasteiger charge is 2.20. The molecule has 18 heavy (non-hydrogen) atoms. The van der Waals surface area contributed by atoms with E-state index in [9.17, 15) is 4.39 Å². The van der Waals surface area contributed by atoms with E-state index in [-0.39, 0.29) is 11.6 Å². The van der Waals surface area contributed by atoms with Crippen LogP contribution in [0.25, 0.3) is 10.9 Å².